The predicted octanol–water partition coefficient (Wildman–Crippen LogP) is 3.64. The van der Waals surface area contributed by atoms with Crippen LogP contribution in [0.3, 0.4) is 0 Å². The maximum Gasteiger partial charge on any atom is 0.171 e. The van der Waals surface area contributed by atoms with E-state index in [9.17, 15) is 5.11 Å². The van der Waals surface area contributed by atoms with Gasteiger partial charge in [-0.15, -0.1) is 0 Å². The highest BCUT2D eigenvalue weighted by molar-refractivity contribution is 5.36. The molecule has 1 aromatic heterocycles. The first-order valence-electron chi connectivity index (χ1n) is 9.79. The summed E-state index contributed by atoms with van der Waals surface area (Å²) in [5, 5.41) is 14.6. The third-order valence-corrected chi connectivity index (χ3v) is 9.19. The largest absolute Gasteiger partial charge is 0.393 e. The number of fused-ring (bicyclic) bond motifs is 6. The topological polar surface area (TPSA) is 58.8 Å². The summed E-state index contributed by atoms with van der Waals surface area (Å²) >= 11 is 0. The van der Waals surface area contributed by atoms with E-state index in [0.717, 1.165) is 30.9 Å². The SMILES string of the molecule is CC12CCC3C(CC[C@@]45OC4c4oncc4CC35C)C1CCC2O. The van der Waals surface area contributed by atoms with Crippen molar-refractivity contribution in [2.24, 2.45) is 28.6 Å². The lowest BCUT2D eigenvalue weighted by Gasteiger charge is -2.58. The van der Waals surface area contributed by atoms with Crippen LogP contribution in [0.15, 0.2) is 10.7 Å². The first-order chi connectivity index (χ1) is 11.5. The van der Waals surface area contributed by atoms with Crippen LogP contribution in [0.2, 0.25) is 0 Å². The first kappa shape index (κ1) is 14.3. The maximum atomic E-state index is 10.6. The zero-order valence-electron chi connectivity index (χ0n) is 14.6. The molecule has 0 bridgehead atoms. The molecule has 0 amide bonds. The van der Waals surface area contributed by atoms with Gasteiger partial charge >= 0.3 is 0 Å². The molecule has 3 saturated carbocycles. The Balaban J connectivity index is 1.42. The number of aliphatic hydroxyl groups excluding tert-OH is 1. The van der Waals surface area contributed by atoms with Gasteiger partial charge in [0, 0.05) is 11.0 Å². The molecule has 1 saturated heterocycles. The molecule has 4 nitrogen and oxygen atoms in total. The lowest BCUT2D eigenvalue weighted by atomic mass is 9.45. The van der Waals surface area contributed by atoms with Crippen molar-refractivity contribution in [3.63, 3.8) is 0 Å². The Bertz CT molecular complexity index is 715. The molecule has 1 N–H and O–H groups in total. The fourth-order valence-electron chi connectivity index (χ4n) is 7.79. The molecule has 6 rings (SSSR count). The summed E-state index contributed by atoms with van der Waals surface area (Å²) in [5.74, 6) is 3.16. The molecular weight excluding hydrogens is 302 g/mol. The van der Waals surface area contributed by atoms with E-state index >= 15 is 0 Å². The first-order valence-corrected chi connectivity index (χ1v) is 9.79. The van der Waals surface area contributed by atoms with E-state index in [0.29, 0.717) is 11.8 Å². The van der Waals surface area contributed by atoms with Gasteiger partial charge in [-0.2, -0.15) is 0 Å². The fraction of sp³-hybridized carbons (Fsp3) is 0.850. The van der Waals surface area contributed by atoms with Gasteiger partial charge < -0.3 is 14.4 Å². The summed E-state index contributed by atoms with van der Waals surface area (Å²) in [6.45, 7) is 4.83. The van der Waals surface area contributed by atoms with E-state index in [-0.39, 0.29) is 28.6 Å². The Kier molecular flexibility index (Phi) is 2.44. The van der Waals surface area contributed by atoms with E-state index in [2.05, 4.69) is 19.0 Å². The molecular formula is C20H27NO3. The molecule has 1 aromatic rings. The van der Waals surface area contributed by atoms with Gasteiger partial charge in [0.05, 0.1) is 12.3 Å². The number of aromatic nitrogens is 1. The van der Waals surface area contributed by atoms with Gasteiger partial charge in [-0.3, -0.25) is 0 Å². The maximum absolute atomic E-state index is 10.6. The molecule has 8 atom stereocenters. The zero-order chi connectivity index (χ0) is 16.3. The highest BCUT2D eigenvalue weighted by atomic mass is 16.6. The van der Waals surface area contributed by atoms with Crippen LogP contribution in [-0.2, 0) is 11.2 Å². The van der Waals surface area contributed by atoms with E-state index in [1.54, 1.807) is 0 Å². The molecule has 0 aromatic carbocycles. The number of hydrogen-bond donors (Lipinski definition) is 1. The van der Waals surface area contributed by atoms with Crippen molar-refractivity contribution in [1.82, 2.24) is 5.16 Å². The monoisotopic (exact) mass is 329 g/mol. The normalized spacial score (nSPS) is 57.4. The highest BCUT2D eigenvalue weighted by Gasteiger charge is 2.76. The van der Waals surface area contributed by atoms with Gasteiger partial charge in [0.25, 0.3) is 0 Å². The van der Waals surface area contributed by atoms with E-state index in [4.69, 9.17) is 9.26 Å². The van der Waals surface area contributed by atoms with Crippen LogP contribution >= 0.6 is 0 Å². The van der Waals surface area contributed by atoms with E-state index in [1.165, 1.54) is 31.2 Å². The van der Waals surface area contributed by atoms with Crippen LogP contribution in [-0.4, -0.2) is 22.0 Å². The van der Waals surface area contributed by atoms with Crippen LogP contribution in [0.4, 0.5) is 0 Å². The summed E-state index contributed by atoms with van der Waals surface area (Å²) < 4.78 is 11.9. The Hall–Kier alpha value is -0.870. The fourth-order valence-corrected chi connectivity index (χ4v) is 7.79. The average molecular weight is 329 g/mol. The molecule has 4 heteroatoms. The quantitative estimate of drug-likeness (QED) is 0.738. The number of hydrogen-bond acceptors (Lipinski definition) is 4. The van der Waals surface area contributed by atoms with Gasteiger partial charge in [0.2, 0.25) is 0 Å². The Morgan fingerprint density at radius 2 is 2.00 bits per heavy atom. The van der Waals surface area contributed by atoms with Gasteiger partial charge in [0.1, 0.15) is 11.7 Å². The smallest absolute Gasteiger partial charge is 0.171 e. The molecule has 7 unspecified atom stereocenters. The standard InChI is InChI=1S/C20H27NO3/c1-18-7-6-14-12(13(18)3-4-15(18)22)5-8-20-17(23-20)16-11(10-21-24-16)9-19(14,20)2/h10,12-15,17,22H,3-9H2,1-2H3/t12?,13?,14?,15?,17?,18?,19?,20-/m1/s1. The molecule has 24 heavy (non-hydrogen) atoms. The summed E-state index contributed by atoms with van der Waals surface area (Å²) in [4.78, 5) is 0. The van der Waals surface area contributed by atoms with Crippen molar-refractivity contribution in [2.45, 2.75) is 76.6 Å². The summed E-state index contributed by atoms with van der Waals surface area (Å²) in [6, 6.07) is 0. The number of nitrogens with zero attached hydrogens (tertiary/aromatic N) is 1. The minimum atomic E-state index is -0.0897. The van der Waals surface area contributed by atoms with E-state index in [1.807, 2.05) is 6.20 Å². The van der Waals surface area contributed by atoms with Crippen LogP contribution < -0.4 is 0 Å². The second kappa shape index (κ2) is 4.09. The molecule has 4 aliphatic carbocycles. The molecule has 4 fully saturated rings. The van der Waals surface area contributed by atoms with Gasteiger partial charge in [-0.05, 0) is 68.1 Å². The second-order valence-corrected chi connectivity index (χ2v) is 9.75. The third-order valence-electron chi connectivity index (χ3n) is 9.19. The predicted molar refractivity (Wildman–Crippen MR) is 87.2 cm³/mol. The average Bonchev–Trinajstić information content (AvgIpc) is 2.99. The second-order valence-electron chi connectivity index (χ2n) is 9.75. The number of rotatable bonds is 0. The lowest BCUT2D eigenvalue weighted by Crippen LogP contribution is -2.57. The van der Waals surface area contributed by atoms with Crippen LogP contribution in [0.25, 0.3) is 0 Å². The van der Waals surface area contributed by atoms with Crippen molar-refractivity contribution in [2.75, 3.05) is 0 Å². The van der Waals surface area contributed by atoms with Crippen molar-refractivity contribution in [3.8, 4) is 0 Å². The molecule has 1 aliphatic heterocycles. The van der Waals surface area contributed by atoms with Gasteiger partial charge in [0.15, 0.2) is 5.76 Å². The molecule has 2 heterocycles. The zero-order valence-corrected chi connectivity index (χ0v) is 14.6. The summed E-state index contributed by atoms with van der Waals surface area (Å²) in [5.41, 5.74) is 1.64. The number of ether oxygens (including phenoxy) is 1. The third kappa shape index (κ3) is 1.37. The summed E-state index contributed by atoms with van der Waals surface area (Å²) in [6.07, 6.45) is 10.1. The van der Waals surface area contributed by atoms with E-state index < -0.39 is 0 Å². The molecule has 5 aliphatic rings. The Morgan fingerprint density at radius 1 is 1.12 bits per heavy atom. The number of epoxide rings is 1. The van der Waals surface area contributed by atoms with Crippen molar-refractivity contribution >= 4 is 0 Å². The molecule has 0 radical (unpaired) electrons. The number of aliphatic hydroxyl groups is 1. The minimum absolute atomic E-state index is 0.00562. The highest BCUT2D eigenvalue weighted by Crippen LogP contribution is 2.75. The lowest BCUT2D eigenvalue weighted by molar-refractivity contribution is -0.117. The minimum Gasteiger partial charge on any atom is -0.393 e. The van der Waals surface area contributed by atoms with Crippen LogP contribution in [0.5, 0.6) is 0 Å². The molecule has 130 valence electrons. The van der Waals surface area contributed by atoms with Crippen molar-refractivity contribution < 1.29 is 14.4 Å². The van der Waals surface area contributed by atoms with Gasteiger partial charge in [-0.1, -0.05) is 19.0 Å². The van der Waals surface area contributed by atoms with Crippen LogP contribution in [0, 0.1) is 28.6 Å². The Labute approximate surface area is 142 Å². The van der Waals surface area contributed by atoms with Gasteiger partial charge in [-0.25, -0.2) is 0 Å². The van der Waals surface area contributed by atoms with Crippen molar-refractivity contribution in [3.05, 3.63) is 17.5 Å². The summed E-state index contributed by atoms with van der Waals surface area (Å²) in [7, 11) is 0. The van der Waals surface area contributed by atoms with Crippen molar-refractivity contribution in [1.29, 1.82) is 0 Å². The molecule has 1 spiro atoms. The Morgan fingerprint density at radius 3 is 2.88 bits per heavy atom. The van der Waals surface area contributed by atoms with Crippen LogP contribution in [0.1, 0.15) is 69.8 Å².